The molecule has 0 spiro atoms. The van der Waals surface area contributed by atoms with Gasteiger partial charge in [0.1, 0.15) is 17.2 Å². The van der Waals surface area contributed by atoms with Crippen LogP contribution in [0.1, 0.15) is 45.4 Å². The van der Waals surface area contributed by atoms with Gasteiger partial charge in [0.15, 0.2) is 0 Å². The van der Waals surface area contributed by atoms with Gasteiger partial charge in [-0.3, -0.25) is 0 Å². The minimum Gasteiger partial charge on any atom is -0.497 e. The Hall–Kier alpha value is -2.07. The predicted molar refractivity (Wildman–Crippen MR) is 107 cm³/mol. The summed E-state index contributed by atoms with van der Waals surface area (Å²) in [5, 5.41) is 4.10. The zero-order chi connectivity index (χ0) is 18.8. The number of hydrogen-bond acceptors (Lipinski definition) is 4. The molecule has 26 heavy (non-hydrogen) atoms. The highest BCUT2D eigenvalue weighted by Crippen LogP contribution is 2.39. The van der Waals surface area contributed by atoms with Crippen LogP contribution >= 0.6 is 11.6 Å². The summed E-state index contributed by atoms with van der Waals surface area (Å²) in [6.45, 7) is 2.84. The lowest BCUT2D eigenvalue weighted by Crippen LogP contribution is -1.98. The van der Waals surface area contributed by atoms with Gasteiger partial charge in [-0.2, -0.15) is 5.11 Å². The van der Waals surface area contributed by atoms with Crippen LogP contribution in [0.4, 0.5) is 5.69 Å². The summed E-state index contributed by atoms with van der Waals surface area (Å²) < 4.78 is 11.1. The van der Waals surface area contributed by atoms with E-state index in [1.165, 1.54) is 25.7 Å². The lowest BCUT2D eigenvalue weighted by Gasteiger charge is -2.12. The van der Waals surface area contributed by atoms with E-state index in [0.29, 0.717) is 23.1 Å². The molecule has 0 amide bonds. The summed E-state index contributed by atoms with van der Waals surface area (Å²) in [6, 6.07) is 11.2. The molecule has 2 rings (SSSR count). The fourth-order valence-corrected chi connectivity index (χ4v) is 3.07. The number of methoxy groups -OCH3 is 1. The Balaban J connectivity index is 2.06. The zero-order valence-electron chi connectivity index (χ0n) is 15.6. The fourth-order valence-electron chi connectivity index (χ4n) is 2.80. The van der Waals surface area contributed by atoms with Crippen molar-refractivity contribution in [2.75, 3.05) is 13.7 Å². The molecule has 140 valence electrons. The lowest BCUT2D eigenvalue weighted by atomic mass is 10.0. The molecule has 0 fully saturated rings. The molecule has 0 heterocycles. The van der Waals surface area contributed by atoms with E-state index < -0.39 is 0 Å². The van der Waals surface area contributed by atoms with Gasteiger partial charge in [0, 0.05) is 5.56 Å². The highest BCUT2D eigenvalue weighted by atomic mass is 35.5. The molecule has 5 heteroatoms. The van der Waals surface area contributed by atoms with E-state index in [9.17, 15) is 0 Å². The SMILES string of the molecule is CCCCCCCCOc1cc(-c2ccc(OC)cc2)c(Cl)cc1N=N. The number of hydrogen-bond donors (Lipinski definition) is 1. The second-order valence-corrected chi connectivity index (χ2v) is 6.66. The molecule has 0 saturated carbocycles. The van der Waals surface area contributed by atoms with E-state index >= 15 is 0 Å². The molecule has 0 aliphatic rings. The van der Waals surface area contributed by atoms with E-state index in [0.717, 1.165) is 29.7 Å². The summed E-state index contributed by atoms with van der Waals surface area (Å²) >= 11 is 6.39. The highest BCUT2D eigenvalue weighted by Gasteiger charge is 2.12. The number of nitrogens with zero attached hydrogens (tertiary/aromatic N) is 1. The second kappa shape index (κ2) is 10.8. The van der Waals surface area contributed by atoms with Gasteiger partial charge in [0.05, 0.1) is 18.7 Å². The minimum absolute atomic E-state index is 0.457. The standard InChI is InChI=1S/C21H27ClN2O2/c1-3-4-5-6-7-8-13-26-21-14-18(19(22)15-20(21)24-23)16-9-11-17(25-2)12-10-16/h9-12,14-15,23H,3-8,13H2,1-2H3. The Morgan fingerprint density at radius 1 is 1.00 bits per heavy atom. The average Bonchev–Trinajstić information content (AvgIpc) is 2.68. The summed E-state index contributed by atoms with van der Waals surface area (Å²) in [7, 11) is 1.64. The van der Waals surface area contributed by atoms with Gasteiger partial charge in [-0.05, 0) is 36.2 Å². The van der Waals surface area contributed by atoms with Gasteiger partial charge in [-0.15, -0.1) is 0 Å². The van der Waals surface area contributed by atoms with E-state index in [1.54, 1.807) is 13.2 Å². The lowest BCUT2D eigenvalue weighted by molar-refractivity contribution is 0.305. The van der Waals surface area contributed by atoms with Gasteiger partial charge >= 0.3 is 0 Å². The van der Waals surface area contributed by atoms with Crippen LogP contribution in [0.2, 0.25) is 5.02 Å². The van der Waals surface area contributed by atoms with Crippen molar-refractivity contribution >= 4 is 17.3 Å². The first-order chi connectivity index (χ1) is 12.7. The normalized spacial score (nSPS) is 10.6. The van der Waals surface area contributed by atoms with Crippen molar-refractivity contribution in [1.82, 2.24) is 0 Å². The average molecular weight is 375 g/mol. The molecule has 1 N–H and O–H groups in total. The molecule has 0 aromatic heterocycles. The predicted octanol–water partition coefficient (Wildman–Crippen LogP) is 7.42. The Morgan fingerprint density at radius 3 is 2.35 bits per heavy atom. The van der Waals surface area contributed by atoms with Crippen LogP contribution in [0.25, 0.3) is 11.1 Å². The van der Waals surface area contributed by atoms with E-state index in [2.05, 4.69) is 12.0 Å². The number of ether oxygens (including phenoxy) is 2. The van der Waals surface area contributed by atoms with E-state index in [4.69, 9.17) is 26.6 Å². The zero-order valence-corrected chi connectivity index (χ0v) is 16.3. The Labute approximate surface area is 161 Å². The number of benzene rings is 2. The Morgan fingerprint density at radius 2 is 1.69 bits per heavy atom. The summed E-state index contributed by atoms with van der Waals surface area (Å²) in [6.07, 6.45) is 7.24. The maximum Gasteiger partial charge on any atom is 0.147 e. The Kier molecular flexibility index (Phi) is 8.42. The molecular formula is C21H27ClN2O2. The summed E-state index contributed by atoms with van der Waals surface area (Å²) in [5.41, 5.74) is 9.66. The van der Waals surface area contributed by atoms with Crippen molar-refractivity contribution in [3.63, 3.8) is 0 Å². The molecule has 0 aliphatic heterocycles. The van der Waals surface area contributed by atoms with Crippen molar-refractivity contribution in [3.8, 4) is 22.6 Å². The van der Waals surface area contributed by atoms with Crippen LogP contribution in [0.15, 0.2) is 41.5 Å². The molecular weight excluding hydrogens is 348 g/mol. The van der Waals surface area contributed by atoms with Gasteiger partial charge in [0.2, 0.25) is 0 Å². The van der Waals surface area contributed by atoms with Crippen molar-refractivity contribution in [3.05, 3.63) is 41.4 Å². The van der Waals surface area contributed by atoms with Crippen LogP contribution < -0.4 is 9.47 Å². The quantitative estimate of drug-likeness (QED) is 0.328. The van der Waals surface area contributed by atoms with Gasteiger partial charge in [-0.25, -0.2) is 5.53 Å². The Bertz CT molecular complexity index is 702. The smallest absolute Gasteiger partial charge is 0.147 e. The van der Waals surface area contributed by atoms with E-state index in [-0.39, 0.29) is 0 Å². The summed E-state index contributed by atoms with van der Waals surface area (Å²) in [5.74, 6) is 1.39. The van der Waals surface area contributed by atoms with Crippen molar-refractivity contribution in [2.45, 2.75) is 45.4 Å². The molecule has 0 aliphatic carbocycles. The maximum absolute atomic E-state index is 7.37. The third-order valence-corrected chi connectivity index (χ3v) is 4.64. The molecule has 0 bridgehead atoms. The topological polar surface area (TPSA) is 54.7 Å². The molecule has 0 unspecified atom stereocenters. The number of halogens is 1. The molecule has 0 atom stereocenters. The molecule has 4 nitrogen and oxygen atoms in total. The van der Waals surface area contributed by atoms with Crippen LogP contribution in [0.5, 0.6) is 11.5 Å². The number of rotatable bonds is 11. The van der Waals surface area contributed by atoms with Crippen LogP contribution in [-0.4, -0.2) is 13.7 Å². The minimum atomic E-state index is 0.457. The van der Waals surface area contributed by atoms with Crippen molar-refractivity contribution in [1.29, 1.82) is 5.53 Å². The third-order valence-electron chi connectivity index (χ3n) is 4.33. The van der Waals surface area contributed by atoms with Gasteiger partial charge in [-0.1, -0.05) is 62.8 Å². The summed E-state index contributed by atoms with van der Waals surface area (Å²) in [4.78, 5) is 0. The fraction of sp³-hybridized carbons (Fsp3) is 0.429. The molecule has 0 radical (unpaired) electrons. The van der Waals surface area contributed by atoms with Crippen LogP contribution in [-0.2, 0) is 0 Å². The molecule has 2 aromatic carbocycles. The van der Waals surface area contributed by atoms with E-state index in [1.807, 2.05) is 30.3 Å². The monoisotopic (exact) mass is 374 g/mol. The van der Waals surface area contributed by atoms with Crippen molar-refractivity contribution < 1.29 is 9.47 Å². The molecule has 0 saturated heterocycles. The van der Waals surface area contributed by atoms with Crippen LogP contribution in [0.3, 0.4) is 0 Å². The third kappa shape index (κ3) is 5.73. The maximum atomic E-state index is 7.37. The van der Waals surface area contributed by atoms with Gasteiger partial charge < -0.3 is 9.47 Å². The molecule has 2 aromatic rings. The highest BCUT2D eigenvalue weighted by molar-refractivity contribution is 6.33. The van der Waals surface area contributed by atoms with Crippen molar-refractivity contribution in [2.24, 2.45) is 5.11 Å². The first kappa shape index (κ1) is 20.2. The van der Waals surface area contributed by atoms with Gasteiger partial charge in [0.25, 0.3) is 0 Å². The number of unbranched alkanes of at least 4 members (excludes halogenated alkanes) is 5. The largest absolute Gasteiger partial charge is 0.497 e. The second-order valence-electron chi connectivity index (χ2n) is 6.26. The number of nitrogens with one attached hydrogen (secondary N) is 1. The first-order valence-corrected chi connectivity index (χ1v) is 9.55. The first-order valence-electron chi connectivity index (χ1n) is 9.17. The van der Waals surface area contributed by atoms with Crippen LogP contribution in [0, 0.1) is 5.53 Å².